The minimum Gasteiger partial charge on any atom is -0.494 e. The Morgan fingerprint density at radius 2 is 0.960 bits per heavy atom. The third kappa shape index (κ3) is 7.77. The van der Waals surface area contributed by atoms with Gasteiger partial charge in [-0.25, -0.2) is 9.98 Å². The van der Waals surface area contributed by atoms with Crippen molar-refractivity contribution in [2.45, 2.75) is 50.6 Å². The number of hydrogen-bond donors (Lipinski definition) is 0. The number of amidine groups is 2. The molecule has 0 N–H and O–H groups in total. The number of hydrogen-bond acceptors (Lipinski definition) is 4. The standard InChI is InChI=1S/2C21H21BrN2O/c2*1-25-20-7-3-2-6-19(20)23-21-14-16(13-18-5-4-12-24(18)21)15-8-10-17(22)11-9-15/h2*2-3,6-11,14,18H,4-5,12-13H2,1H3/t2*18-/m00/s1. The van der Waals surface area contributed by atoms with Crippen LogP contribution in [-0.2, 0) is 0 Å². The molecule has 8 heteroatoms. The molecule has 0 saturated carbocycles. The largest absolute Gasteiger partial charge is 0.494 e. The Kier molecular flexibility index (Phi) is 10.9. The minimum absolute atomic E-state index is 0.553. The molecular formula is C42H42Br2N4O2. The molecule has 2 atom stereocenters. The highest BCUT2D eigenvalue weighted by Crippen LogP contribution is 2.37. The average Bonchev–Trinajstić information content (AvgIpc) is 3.83. The van der Waals surface area contributed by atoms with Gasteiger partial charge in [0.05, 0.1) is 14.2 Å². The molecule has 8 rings (SSSR count). The van der Waals surface area contributed by atoms with E-state index >= 15 is 0 Å². The van der Waals surface area contributed by atoms with Crippen molar-refractivity contribution in [1.29, 1.82) is 0 Å². The van der Waals surface area contributed by atoms with Crippen molar-refractivity contribution in [3.05, 3.63) is 129 Å². The normalized spacial score (nSPS) is 21.2. The number of aliphatic imine (C=N–C) groups is 2. The van der Waals surface area contributed by atoms with Gasteiger partial charge in [-0.2, -0.15) is 0 Å². The molecule has 0 radical (unpaired) electrons. The molecule has 0 aromatic heterocycles. The summed E-state index contributed by atoms with van der Waals surface area (Å²) in [6.07, 6.45) is 11.6. The summed E-state index contributed by atoms with van der Waals surface area (Å²) >= 11 is 7.04. The predicted octanol–water partition coefficient (Wildman–Crippen LogP) is 10.9. The van der Waals surface area contributed by atoms with Gasteiger partial charge in [0.25, 0.3) is 0 Å². The molecular weight excluding hydrogens is 752 g/mol. The van der Waals surface area contributed by atoms with E-state index in [0.717, 1.165) is 69.4 Å². The first kappa shape index (κ1) is 34.3. The Balaban J connectivity index is 0.000000157. The fourth-order valence-electron chi connectivity index (χ4n) is 7.42. The van der Waals surface area contributed by atoms with E-state index in [4.69, 9.17) is 19.5 Å². The lowest BCUT2D eigenvalue weighted by molar-refractivity contribution is 0.389. The lowest BCUT2D eigenvalue weighted by Crippen LogP contribution is -2.37. The van der Waals surface area contributed by atoms with Crippen LogP contribution >= 0.6 is 31.9 Å². The van der Waals surface area contributed by atoms with Gasteiger partial charge in [0, 0.05) is 34.1 Å². The van der Waals surface area contributed by atoms with Crippen LogP contribution in [0.1, 0.15) is 49.7 Å². The van der Waals surface area contributed by atoms with E-state index < -0.39 is 0 Å². The Morgan fingerprint density at radius 3 is 1.36 bits per heavy atom. The molecule has 4 heterocycles. The van der Waals surface area contributed by atoms with Gasteiger partial charge < -0.3 is 19.3 Å². The van der Waals surface area contributed by atoms with Crippen LogP contribution in [0.4, 0.5) is 11.4 Å². The molecule has 4 aromatic carbocycles. The second-order valence-corrected chi connectivity index (χ2v) is 14.9. The third-order valence-electron chi connectivity index (χ3n) is 9.93. The summed E-state index contributed by atoms with van der Waals surface area (Å²) in [6, 6.07) is 34.2. The second-order valence-electron chi connectivity index (χ2n) is 13.0. The molecule has 4 aliphatic heterocycles. The zero-order valence-electron chi connectivity index (χ0n) is 28.6. The second kappa shape index (κ2) is 15.8. The van der Waals surface area contributed by atoms with E-state index in [1.807, 2.05) is 48.5 Å². The fourth-order valence-corrected chi connectivity index (χ4v) is 7.95. The molecule has 50 heavy (non-hydrogen) atoms. The summed E-state index contributed by atoms with van der Waals surface area (Å²) in [7, 11) is 3.39. The molecule has 4 aliphatic rings. The molecule has 0 aliphatic carbocycles. The van der Waals surface area contributed by atoms with Crippen LogP contribution < -0.4 is 9.47 Å². The Morgan fingerprint density at radius 1 is 0.560 bits per heavy atom. The van der Waals surface area contributed by atoms with Crippen LogP contribution in [0.2, 0.25) is 0 Å². The van der Waals surface area contributed by atoms with Gasteiger partial charge in [0.1, 0.15) is 34.5 Å². The van der Waals surface area contributed by atoms with E-state index in [-0.39, 0.29) is 0 Å². The first-order chi connectivity index (χ1) is 24.5. The zero-order valence-corrected chi connectivity index (χ0v) is 31.7. The minimum atomic E-state index is 0.553. The summed E-state index contributed by atoms with van der Waals surface area (Å²) in [4.78, 5) is 14.8. The fraction of sp³-hybridized carbons (Fsp3) is 0.286. The summed E-state index contributed by atoms with van der Waals surface area (Å²) in [5.74, 6) is 3.73. The Bertz CT molecular complexity index is 1790. The monoisotopic (exact) mass is 792 g/mol. The summed E-state index contributed by atoms with van der Waals surface area (Å²) in [5.41, 5.74) is 7.07. The molecule has 0 bridgehead atoms. The maximum atomic E-state index is 5.47. The topological polar surface area (TPSA) is 49.7 Å². The van der Waals surface area contributed by atoms with Crippen molar-refractivity contribution in [2.24, 2.45) is 9.98 Å². The van der Waals surface area contributed by atoms with E-state index in [1.165, 1.54) is 48.0 Å². The lowest BCUT2D eigenvalue weighted by atomic mass is 9.94. The number of nitrogens with zero attached hydrogens (tertiary/aromatic N) is 4. The van der Waals surface area contributed by atoms with Gasteiger partial charge >= 0.3 is 0 Å². The van der Waals surface area contributed by atoms with Crippen molar-refractivity contribution in [3.8, 4) is 11.5 Å². The van der Waals surface area contributed by atoms with Gasteiger partial charge in [0.15, 0.2) is 0 Å². The van der Waals surface area contributed by atoms with E-state index in [9.17, 15) is 0 Å². The quantitative estimate of drug-likeness (QED) is 0.195. The summed E-state index contributed by atoms with van der Waals surface area (Å²) < 4.78 is 13.2. The van der Waals surface area contributed by atoms with Crippen LogP contribution in [0.3, 0.4) is 0 Å². The van der Waals surface area contributed by atoms with Gasteiger partial charge in [-0.05, 0) is 121 Å². The predicted molar refractivity (Wildman–Crippen MR) is 213 cm³/mol. The van der Waals surface area contributed by atoms with Crippen LogP contribution in [-0.4, -0.2) is 60.9 Å². The van der Waals surface area contributed by atoms with Crippen LogP contribution in [0.5, 0.6) is 11.5 Å². The number of para-hydroxylation sites is 4. The average molecular weight is 795 g/mol. The molecule has 0 unspecified atom stereocenters. The SMILES string of the molecule is COc1ccccc1N=C1C=C(c2ccc(Br)cc2)C[C@@H]2CCCN12.COc1ccccc1N=C1C=C(c2ccc(Br)cc2)C[C@@H]2CCCN12. The van der Waals surface area contributed by atoms with Gasteiger partial charge in [-0.1, -0.05) is 80.4 Å². The summed E-state index contributed by atoms with van der Waals surface area (Å²) in [5, 5.41) is 0. The zero-order chi connectivity index (χ0) is 34.5. The summed E-state index contributed by atoms with van der Waals surface area (Å²) in [6.45, 7) is 2.17. The molecule has 0 amide bonds. The highest BCUT2D eigenvalue weighted by molar-refractivity contribution is 9.10. The molecule has 0 spiro atoms. The van der Waals surface area contributed by atoms with Gasteiger partial charge in [-0.15, -0.1) is 0 Å². The van der Waals surface area contributed by atoms with E-state index in [1.54, 1.807) is 14.2 Å². The number of ether oxygens (including phenoxy) is 2. The molecule has 6 nitrogen and oxygen atoms in total. The lowest BCUT2D eigenvalue weighted by Gasteiger charge is -2.32. The first-order valence-electron chi connectivity index (χ1n) is 17.4. The van der Waals surface area contributed by atoms with Gasteiger partial charge in [-0.3, -0.25) is 0 Å². The molecule has 256 valence electrons. The van der Waals surface area contributed by atoms with Crippen molar-refractivity contribution in [2.75, 3.05) is 27.3 Å². The van der Waals surface area contributed by atoms with Crippen LogP contribution in [0.15, 0.2) is 128 Å². The maximum absolute atomic E-state index is 5.47. The maximum Gasteiger partial charge on any atom is 0.144 e. The number of benzene rings is 4. The van der Waals surface area contributed by atoms with Crippen molar-refractivity contribution in [1.82, 2.24) is 9.80 Å². The third-order valence-corrected chi connectivity index (χ3v) is 11.0. The number of rotatable bonds is 6. The Labute approximate surface area is 312 Å². The van der Waals surface area contributed by atoms with Gasteiger partial charge in [0.2, 0.25) is 0 Å². The highest BCUT2D eigenvalue weighted by Gasteiger charge is 2.33. The van der Waals surface area contributed by atoms with E-state index in [2.05, 4.69) is 102 Å². The van der Waals surface area contributed by atoms with E-state index in [0.29, 0.717) is 12.1 Å². The number of methoxy groups -OCH3 is 2. The van der Waals surface area contributed by atoms with Crippen molar-refractivity contribution >= 4 is 66.1 Å². The number of fused-ring (bicyclic) bond motifs is 2. The highest BCUT2D eigenvalue weighted by atomic mass is 79.9. The van der Waals surface area contributed by atoms with Crippen LogP contribution in [0.25, 0.3) is 11.1 Å². The van der Waals surface area contributed by atoms with Crippen molar-refractivity contribution < 1.29 is 9.47 Å². The van der Waals surface area contributed by atoms with Crippen molar-refractivity contribution in [3.63, 3.8) is 0 Å². The Hall–Kier alpha value is -4.14. The first-order valence-corrected chi connectivity index (χ1v) is 19.0. The molecule has 4 aromatic rings. The smallest absolute Gasteiger partial charge is 0.144 e. The molecule has 2 fully saturated rings. The number of halogens is 2. The van der Waals surface area contributed by atoms with Crippen LogP contribution in [0, 0.1) is 0 Å². The molecule has 2 saturated heterocycles.